The van der Waals surface area contributed by atoms with Crippen molar-refractivity contribution >= 4 is 17.3 Å². The number of nitrogens with zero attached hydrogens (tertiary/aromatic N) is 4. The number of nitrogens with one attached hydrogen (secondary N) is 1. The van der Waals surface area contributed by atoms with E-state index < -0.39 is 0 Å². The minimum absolute atomic E-state index is 0.302. The number of piperazine rings is 1. The molecule has 1 atom stereocenters. The molecule has 2 aliphatic rings. The Labute approximate surface area is 160 Å². The van der Waals surface area contributed by atoms with Crippen molar-refractivity contribution in [2.75, 3.05) is 61.6 Å². The zero-order valence-electron chi connectivity index (χ0n) is 15.8. The molecule has 7 nitrogen and oxygen atoms in total. The third-order valence-corrected chi connectivity index (χ3v) is 5.23. The molecule has 1 N–H and O–H groups in total. The first kappa shape index (κ1) is 17.9. The monoisotopic (exact) mass is 369 g/mol. The quantitative estimate of drug-likeness (QED) is 0.839. The van der Waals surface area contributed by atoms with Gasteiger partial charge in [-0.15, -0.1) is 0 Å². The molecule has 0 aliphatic carbocycles. The van der Waals surface area contributed by atoms with Crippen LogP contribution in [0.4, 0.5) is 17.3 Å². The molecule has 3 heterocycles. The summed E-state index contributed by atoms with van der Waals surface area (Å²) in [5.41, 5.74) is 1.23. The van der Waals surface area contributed by atoms with Crippen LogP contribution in [0.1, 0.15) is 12.8 Å². The summed E-state index contributed by atoms with van der Waals surface area (Å²) in [6, 6.07) is 10.3. The van der Waals surface area contributed by atoms with E-state index in [1.165, 1.54) is 5.69 Å². The van der Waals surface area contributed by atoms with Crippen LogP contribution in [0.2, 0.25) is 0 Å². The van der Waals surface area contributed by atoms with Crippen LogP contribution in [0.5, 0.6) is 5.75 Å². The fraction of sp³-hybridized carbons (Fsp3) is 0.500. The molecule has 7 heteroatoms. The molecule has 0 saturated carbocycles. The van der Waals surface area contributed by atoms with E-state index >= 15 is 0 Å². The predicted octanol–water partition coefficient (Wildman–Crippen LogP) is 2.40. The molecule has 2 fully saturated rings. The Morgan fingerprint density at radius 2 is 1.89 bits per heavy atom. The Hall–Kier alpha value is -2.54. The zero-order valence-corrected chi connectivity index (χ0v) is 15.8. The summed E-state index contributed by atoms with van der Waals surface area (Å²) in [7, 11) is 1.69. The molecule has 0 amide bonds. The number of benzene rings is 1. The van der Waals surface area contributed by atoms with Gasteiger partial charge in [0.1, 0.15) is 23.7 Å². The average molecular weight is 369 g/mol. The molecule has 0 radical (unpaired) electrons. The largest absolute Gasteiger partial charge is 0.497 e. The van der Waals surface area contributed by atoms with Crippen molar-refractivity contribution in [1.29, 1.82) is 0 Å². The summed E-state index contributed by atoms with van der Waals surface area (Å²) in [4.78, 5) is 13.5. The average Bonchev–Trinajstić information content (AvgIpc) is 3.26. The SMILES string of the molecule is COc1ccc(N2CCN(c3cc(NCC4CCCO4)ncn3)CC2)cc1. The first-order chi connectivity index (χ1) is 13.3. The molecule has 1 aromatic carbocycles. The predicted molar refractivity (Wildman–Crippen MR) is 107 cm³/mol. The highest BCUT2D eigenvalue weighted by Crippen LogP contribution is 2.23. The number of methoxy groups -OCH3 is 1. The Balaban J connectivity index is 1.32. The van der Waals surface area contributed by atoms with Crippen molar-refractivity contribution in [2.45, 2.75) is 18.9 Å². The zero-order chi connectivity index (χ0) is 18.5. The van der Waals surface area contributed by atoms with Crippen molar-refractivity contribution in [2.24, 2.45) is 0 Å². The van der Waals surface area contributed by atoms with Gasteiger partial charge in [-0.05, 0) is 37.1 Å². The first-order valence-electron chi connectivity index (χ1n) is 9.63. The Morgan fingerprint density at radius 1 is 1.11 bits per heavy atom. The van der Waals surface area contributed by atoms with Gasteiger partial charge >= 0.3 is 0 Å². The van der Waals surface area contributed by atoms with Crippen LogP contribution in [0.3, 0.4) is 0 Å². The van der Waals surface area contributed by atoms with Crippen LogP contribution >= 0.6 is 0 Å². The summed E-state index contributed by atoms with van der Waals surface area (Å²) >= 11 is 0. The highest BCUT2D eigenvalue weighted by Gasteiger charge is 2.19. The number of rotatable bonds is 6. The number of ether oxygens (including phenoxy) is 2. The fourth-order valence-electron chi connectivity index (χ4n) is 3.63. The highest BCUT2D eigenvalue weighted by molar-refractivity contribution is 5.53. The van der Waals surface area contributed by atoms with Gasteiger partial charge in [-0.2, -0.15) is 0 Å². The fourth-order valence-corrected chi connectivity index (χ4v) is 3.63. The smallest absolute Gasteiger partial charge is 0.134 e. The maximum absolute atomic E-state index is 5.66. The van der Waals surface area contributed by atoms with Gasteiger partial charge in [-0.1, -0.05) is 0 Å². The van der Waals surface area contributed by atoms with Crippen molar-refractivity contribution in [3.63, 3.8) is 0 Å². The van der Waals surface area contributed by atoms with E-state index in [-0.39, 0.29) is 0 Å². The van der Waals surface area contributed by atoms with E-state index in [0.717, 1.165) is 69.6 Å². The van der Waals surface area contributed by atoms with Gasteiger partial charge in [0, 0.05) is 51.1 Å². The van der Waals surface area contributed by atoms with E-state index in [9.17, 15) is 0 Å². The molecular weight excluding hydrogens is 342 g/mol. The van der Waals surface area contributed by atoms with Crippen LogP contribution in [-0.2, 0) is 4.74 Å². The van der Waals surface area contributed by atoms with Gasteiger partial charge < -0.3 is 24.6 Å². The van der Waals surface area contributed by atoms with E-state index in [2.05, 4.69) is 37.2 Å². The third kappa shape index (κ3) is 4.42. The summed E-state index contributed by atoms with van der Waals surface area (Å²) in [5, 5.41) is 3.39. The van der Waals surface area contributed by atoms with E-state index in [0.29, 0.717) is 6.10 Å². The molecule has 2 saturated heterocycles. The lowest BCUT2D eigenvalue weighted by atomic mass is 10.2. The molecule has 0 spiro atoms. The topological polar surface area (TPSA) is 62.8 Å². The van der Waals surface area contributed by atoms with Gasteiger partial charge in [0.2, 0.25) is 0 Å². The normalized spacial score (nSPS) is 20.0. The van der Waals surface area contributed by atoms with Gasteiger partial charge in [0.05, 0.1) is 13.2 Å². The van der Waals surface area contributed by atoms with Crippen LogP contribution in [0.15, 0.2) is 36.7 Å². The van der Waals surface area contributed by atoms with E-state index in [4.69, 9.17) is 9.47 Å². The molecule has 1 unspecified atom stereocenters. The molecule has 2 aliphatic heterocycles. The first-order valence-corrected chi connectivity index (χ1v) is 9.63. The lowest BCUT2D eigenvalue weighted by Crippen LogP contribution is -2.46. The summed E-state index contributed by atoms with van der Waals surface area (Å²) in [6.45, 7) is 5.49. The minimum atomic E-state index is 0.302. The molecule has 1 aromatic heterocycles. The molecule has 0 bridgehead atoms. The Kier molecular flexibility index (Phi) is 5.58. The number of hydrogen-bond acceptors (Lipinski definition) is 7. The second-order valence-electron chi connectivity index (χ2n) is 6.95. The second-order valence-corrected chi connectivity index (χ2v) is 6.95. The summed E-state index contributed by atoms with van der Waals surface area (Å²) in [5.74, 6) is 2.74. The van der Waals surface area contributed by atoms with Crippen LogP contribution < -0.4 is 19.9 Å². The van der Waals surface area contributed by atoms with Crippen molar-refractivity contribution in [3.8, 4) is 5.75 Å². The number of anilines is 3. The van der Waals surface area contributed by atoms with Gasteiger partial charge in [0.25, 0.3) is 0 Å². The standard InChI is InChI=1S/C20H27N5O2/c1-26-17-6-4-16(5-7-17)24-8-10-25(11-9-24)20-13-19(22-15-23-20)21-14-18-3-2-12-27-18/h4-7,13,15,18H,2-3,8-12,14H2,1H3,(H,21,22,23). The molecule has 2 aromatic rings. The highest BCUT2D eigenvalue weighted by atomic mass is 16.5. The van der Waals surface area contributed by atoms with Crippen molar-refractivity contribution in [3.05, 3.63) is 36.7 Å². The molecular formula is C20H27N5O2. The van der Waals surface area contributed by atoms with Crippen molar-refractivity contribution < 1.29 is 9.47 Å². The molecule has 4 rings (SSSR count). The third-order valence-electron chi connectivity index (χ3n) is 5.23. The van der Waals surface area contributed by atoms with Gasteiger partial charge in [-0.25, -0.2) is 9.97 Å². The second kappa shape index (κ2) is 8.43. The lowest BCUT2D eigenvalue weighted by molar-refractivity contribution is 0.120. The lowest BCUT2D eigenvalue weighted by Gasteiger charge is -2.36. The summed E-state index contributed by atoms with van der Waals surface area (Å²) < 4.78 is 10.9. The van der Waals surface area contributed by atoms with Crippen LogP contribution in [0.25, 0.3) is 0 Å². The number of hydrogen-bond donors (Lipinski definition) is 1. The van der Waals surface area contributed by atoms with E-state index in [1.54, 1.807) is 13.4 Å². The molecule has 27 heavy (non-hydrogen) atoms. The summed E-state index contributed by atoms with van der Waals surface area (Å²) in [6.07, 6.45) is 4.22. The van der Waals surface area contributed by atoms with Gasteiger partial charge in [-0.3, -0.25) is 0 Å². The molecule has 144 valence electrons. The number of aromatic nitrogens is 2. The Morgan fingerprint density at radius 3 is 2.59 bits per heavy atom. The van der Waals surface area contributed by atoms with Crippen LogP contribution in [0, 0.1) is 0 Å². The van der Waals surface area contributed by atoms with E-state index in [1.807, 2.05) is 18.2 Å². The minimum Gasteiger partial charge on any atom is -0.497 e. The maximum atomic E-state index is 5.66. The Bertz CT molecular complexity index is 725. The van der Waals surface area contributed by atoms with Crippen molar-refractivity contribution in [1.82, 2.24) is 9.97 Å². The maximum Gasteiger partial charge on any atom is 0.134 e. The van der Waals surface area contributed by atoms with Gasteiger partial charge in [0.15, 0.2) is 0 Å². The van der Waals surface area contributed by atoms with Crippen LogP contribution in [-0.4, -0.2) is 62.5 Å².